The van der Waals surface area contributed by atoms with Gasteiger partial charge in [0.25, 0.3) is 10.1 Å². The molecule has 0 unspecified atom stereocenters. The SMILES string of the molecule is CC(C)OC(=O)N1CCC([C@H](C)CCOc2cnc(N3C[C@H](N)[C@@H](N4CCCCC4=O)C3)nc2)CC1.Cc1ccc(S(=O)(=O)O)cc1. The number of likely N-dealkylation sites (tertiary alicyclic amines) is 2. The van der Waals surface area contributed by atoms with Crippen molar-refractivity contribution < 1.29 is 32.0 Å². The van der Waals surface area contributed by atoms with Gasteiger partial charge in [0, 0.05) is 45.2 Å². The predicted molar refractivity (Wildman–Crippen MR) is 178 cm³/mol. The Morgan fingerprint density at radius 2 is 1.70 bits per heavy atom. The molecule has 0 bridgehead atoms. The minimum absolute atomic E-state index is 0.0199. The van der Waals surface area contributed by atoms with E-state index in [4.69, 9.17) is 19.8 Å². The Morgan fingerprint density at radius 1 is 1.04 bits per heavy atom. The molecule has 260 valence electrons. The van der Waals surface area contributed by atoms with E-state index in [1.54, 1.807) is 24.5 Å². The van der Waals surface area contributed by atoms with Crippen LogP contribution in [0.3, 0.4) is 0 Å². The molecule has 0 saturated carbocycles. The molecule has 1 aromatic carbocycles. The molecule has 3 aliphatic heterocycles. The minimum Gasteiger partial charge on any atom is -0.490 e. The van der Waals surface area contributed by atoms with E-state index >= 15 is 0 Å². The Hall–Kier alpha value is -3.49. The molecule has 5 rings (SSSR count). The fourth-order valence-electron chi connectivity index (χ4n) is 6.27. The number of rotatable bonds is 9. The maximum absolute atomic E-state index is 12.3. The number of benzene rings is 1. The fourth-order valence-corrected chi connectivity index (χ4v) is 6.75. The summed E-state index contributed by atoms with van der Waals surface area (Å²) in [4.78, 5) is 39.2. The standard InChI is InChI=1S/C26H42N6O4.C7H8O3S/c1-18(2)36-26(34)30-11-7-20(8-12-30)19(3)9-13-35-21-14-28-25(29-15-21)31-16-22(27)23(17-31)32-10-5-4-6-24(32)33;1-6-2-4-7(5-3-6)11(8,9)10/h14-15,18-20,22-23H,4-13,16-17,27H2,1-3H3;2-5H,1H3,(H,8,9,10)/t19-,22+,23+;/m1./s1. The van der Waals surface area contributed by atoms with E-state index in [2.05, 4.69) is 21.8 Å². The van der Waals surface area contributed by atoms with Gasteiger partial charge in [-0.2, -0.15) is 8.42 Å². The summed E-state index contributed by atoms with van der Waals surface area (Å²) in [5, 5.41) is 0. The van der Waals surface area contributed by atoms with Gasteiger partial charge in [-0.3, -0.25) is 9.35 Å². The van der Waals surface area contributed by atoms with Crippen molar-refractivity contribution in [1.29, 1.82) is 0 Å². The average Bonchev–Trinajstić information content (AvgIpc) is 3.42. The fraction of sp³-hybridized carbons (Fsp3) is 0.636. The van der Waals surface area contributed by atoms with Gasteiger partial charge in [-0.25, -0.2) is 14.8 Å². The van der Waals surface area contributed by atoms with Crippen LogP contribution in [0.15, 0.2) is 41.6 Å². The van der Waals surface area contributed by atoms with Crippen LogP contribution in [0.2, 0.25) is 0 Å². The molecule has 3 aliphatic rings. The first-order valence-electron chi connectivity index (χ1n) is 16.6. The maximum atomic E-state index is 12.3. The largest absolute Gasteiger partial charge is 0.490 e. The van der Waals surface area contributed by atoms with Gasteiger partial charge in [0.1, 0.15) is 0 Å². The molecule has 3 saturated heterocycles. The van der Waals surface area contributed by atoms with Gasteiger partial charge in [0.15, 0.2) is 5.75 Å². The lowest BCUT2D eigenvalue weighted by molar-refractivity contribution is -0.135. The van der Waals surface area contributed by atoms with Gasteiger partial charge >= 0.3 is 6.09 Å². The topological polar surface area (TPSA) is 168 Å². The number of nitrogens with zero attached hydrogens (tertiary/aromatic N) is 5. The lowest BCUT2D eigenvalue weighted by Crippen LogP contribution is -2.51. The Morgan fingerprint density at radius 3 is 2.30 bits per heavy atom. The van der Waals surface area contributed by atoms with E-state index in [-0.39, 0.29) is 35.1 Å². The first-order valence-corrected chi connectivity index (χ1v) is 18.0. The molecular weight excluding hydrogens is 624 g/mol. The molecule has 3 atom stereocenters. The van der Waals surface area contributed by atoms with Crippen LogP contribution < -0.4 is 15.4 Å². The zero-order valence-electron chi connectivity index (χ0n) is 28.0. The molecule has 1 aromatic heterocycles. The zero-order valence-corrected chi connectivity index (χ0v) is 28.8. The molecule has 3 fully saturated rings. The van der Waals surface area contributed by atoms with Crippen molar-refractivity contribution in [2.75, 3.05) is 44.2 Å². The maximum Gasteiger partial charge on any atom is 0.410 e. The Labute approximate surface area is 278 Å². The second-order valence-electron chi connectivity index (χ2n) is 13.1. The number of amides is 2. The summed E-state index contributed by atoms with van der Waals surface area (Å²) in [5.41, 5.74) is 7.34. The van der Waals surface area contributed by atoms with Crippen molar-refractivity contribution >= 4 is 28.1 Å². The van der Waals surface area contributed by atoms with Crippen LogP contribution in [-0.2, 0) is 19.6 Å². The lowest BCUT2D eigenvalue weighted by atomic mass is 9.84. The monoisotopic (exact) mass is 674 g/mol. The van der Waals surface area contributed by atoms with Crippen molar-refractivity contribution in [3.05, 3.63) is 42.2 Å². The summed E-state index contributed by atoms with van der Waals surface area (Å²) in [6.45, 7) is 12.1. The van der Waals surface area contributed by atoms with Crippen LogP contribution in [-0.4, -0.2) is 102 Å². The van der Waals surface area contributed by atoms with Crippen LogP contribution in [0.5, 0.6) is 5.75 Å². The molecule has 2 aromatic rings. The number of carbonyl (C=O) groups is 2. The summed E-state index contributed by atoms with van der Waals surface area (Å²) in [5.74, 6) is 2.58. The van der Waals surface area contributed by atoms with Crippen molar-refractivity contribution in [2.45, 2.75) is 89.3 Å². The van der Waals surface area contributed by atoms with Crippen molar-refractivity contribution in [3.8, 4) is 5.75 Å². The van der Waals surface area contributed by atoms with Crippen molar-refractivity contribution in [1.82, 2.24) is 19.8 Å². The molecule has 2 amide bonds. The van der Waals surface area contributed by atoms with E-state index in [0.29, 0.717) is 49.7 Å². The minimum atomic E-state index is -4.02. The number of piperidine rings is 2. The lowest BCUT2D eigenvalue weighted by Gasteiger charge is -2.34. The highest BCUT2D eigenvalue weighted by Gasteiger charge is 2.38. The normalized spacial score (nSPS) is 21.3. The van der Waals surface area contributed by atoms with E-state index < -0.39 is 10.1 Å². The van der Waals surface area contributed by atoms with E-state index in [0.717, 1.165) is 57.3 Å². The highest BCUT2D eigenvalue weighted by Crippen LogP contribution is 2.28. The molecule has 13 nitrogen and oxygen atoms in total. The molecule has 0 radical (unpaired) electrons. The van der Waals surface area contributed by atoms with Crippen LogP contribution in [0.4, 0.5) is 10.7 Å². The van der Waals surface area contributed by atoms with E-state index in [1.165, 1.54) is 12.1 Å². The molecule has 14 heteroatoms. The third-order valence-electron chi connectivity index (χ3n) is 9.09. The van der Waals surface area contributed by atoms with Crippen LogP contribution in [0.1, 0.15) is 64.9 Å². The van der Waals surface area contributed by atoms with Gasteiger partial charge in [-0.15, -0.1) is 0 Å². The van der Waals surface area contributed by atoms with E-state index in [9.17, 15) is 18.0 Å². The highest BCUT2D eigenvalue weighted by molar-refractivity contribution is 7.85. The first-order chi connectivity index (χ1) is 22.3. The highest BCUT2D eigenvalue weighted by atomic mass is 32.2. The van der Waals surface area contributed by atoms with Crippen molar-refractivity contribution in [2.24, 2.45) is 17.6 Å². The summed E-state index contributed by atoms with van der Waals surface area (Å²) < 4.78 is 40.8. The van der Waals surface area contributed by atoms with Gasteiger partial charge in [-0.1, -0.05) is 24.6 Å². The predicted octanol–water partition coefficient (Wildman–Crippen LogP) is 3.91. The van der Waals surface area contributed by atoms with Gasteiger partial charge < -0.3 is 29.9 Å². The summed E-state index contributed by atoms with van der Waals surface area (Å²) >= 11 is 0. The Bertz CT molecular complexity index is 1420. The van der Waals surface area contributed by atoms with Crippen LogP contribution >= 0.6 is 0 Å². The van der Waals surface area contributed by atoms with E-state index in [1.807, 2.05) is 30.6 Å². The molecule has 47 heavy (non-hydrogen) atoms. The zero-order chi connectivity index (χ0) is 34.1. The molecule has 4 heterocycles. The number of aromatic nitrogens is 2. The molecule has 3 N–H and O–H groups in total. The van der Waals surface area contributed by atoms with Crippen LogP contribution in [0.25, 0.3) is 0 Å². The number of aryl methyl sites for hydroxylation is 1. The number of carbonyl (C=O) groups excluding carboxylic acids is 2. The third kappa shape index (κ3) is 10.5. The Kier molecular flexibility index (Phi) is 12.8. The number of anilines is 1. The quantitative estimate of drug-likeness (QED) is 0.370. The van der Waals surface area contributed by atoms with Crippen molar-refractivity contribution in [3.63, 3.8) is 0 Å². The number of hydrogen-bond acceptors (Lipinski definition) is 10. The average molecular weight is 675 g/mol. The molecule has 0 spiro atoms. The summed E-state index contributed by atoms with van der Waals surface area (Å²) in [6.07, 6.45) is 8.72. The molecule has 0 aliphatic carbocycles. The third-order valence-corrected chi connectivity index (χ3v) is 9.96. The van der Waals surface area contributed by atoms with Crippen LogP contribution in [0, 0.1) is 18.8 Å². The second-order valence-corrected chi connectivity index (χ2v) is 14.5. The Balaban J connectivity index is 0.000000385. The van der Waals surface area contributed by atoms with Gasteiger partial charge in [-0.05, 0) is 76.8 Å². The number of nitrogens with two attached hydrogens (primary N) is 1. The second kappa shape index (κ2) is 16.6. The van der Waals surface area contributed by atoms with Gasteiger partial charge in [0.2, 0.25) is 11.9 Å². The van der Waals surface area contributed by atoms with Gasteiger partial charge in [0.05, 0.1) is 36.0 Å². The summed E-state index contributed by atoms with van der Waals surface area (Å²) in [7, 11) is -4.02. The smallest absolute Gasteiger partial charge is 0.410 e. The summed E-state index contributed by atoms with van der Waals surface area (Å²) in [6, 6.07) is 5.91. The number of ether oxygens (including phenoxy) is 2. The first kappa shape index (κ1) is 36.3. The molecular formula is C33H50N6O7S. The number of hydrogen-bond donors (Lipinski definition) is 2.